The van der Waals surface area contributed by atoms with Gasteiger partial charge in [-0.15, -0.1) is 21.8 Å². The van der Waals surface area contributed by atoms with E-state index in [0.717, 1.165) is 0 Å². The van der Waals surface area contributed by atoms with Crippen molar-refractivity contribution in [3.8, 4) is 6.07 Å². The molecule has 8 heavy (non-hydrogen) atoms. The van der Waals surface area contributed by atoms with E-state index in [0.29, 0.717) is 0 Å². The lowest BCUT2D eigenvalue weighted by atomic mass is 11.0. The molecule has 0 rings (SSSR count). The van der Waals surface area contributed by atoms with Crippen molar-refractivity contribution in [2.45, 2.75) is 26.6 Å². The molecular weight excluding hydrogens is 229 g/mol. The fourth-order valence-corrected chi connectivity index (χ4v) is 0. The summed E-state index contributed by atoms with van der Waals surface area (Å²) in [6.45, 7) is 8.37. The van der Waals surface area contributed by atoms with Crippen molar-refractivity contribution in [2.24, 2.45) is 0 Å². The van der Waals surface area contributed by atoms with E-state index in [9.17, 15) is 0 Å². The van der Waals surface area contributed by atoms with Crippen molar-refractivity contribution in [2.75, 3.05) is 0 Å². The number of halogens is 1. The highest BCUT2D eigenvalue weighted by atomic mass is 127. The fraction of sp³-hybridized carbons (Fsp3) is 0.800. The van der Waals surface area contributed by atoms with Crippen LogP contribution >= 0.6 is 21.8 Å². The third-order valence-electron chi connectivity index (χ3n) is 0. The van der Waals surface area contributed by atoms with Crippen LogP contribution in [0.1, 0.15) is 6.92 Å². The Hall–Kier alpha value is 0.437. The van der Waals surface area contributed by atoms with E-state index in [1.165, 1.54) is 6.92 Å². The molecule has 0 atom stereocenters. The molecule has 48 valence electrons. The Balaban J connectivity index is 0. The topological polar surface area (TPSA) is 23.8 Å². The molecule has 0 saturated heterocycles. The number of nitrogens with zero attached hydrogens (tertiary/aromatic N) is 1. The van der Waals surface area contributed by atoms with E-state index < -0.39 is 5.57 Å². The van der Waals surface area contributed by atoms with E-state index in [1.54, 1.807) is 6.07 Å². The van der Waals surface area contributed by atoms with Gasteiger partial charge in [-0.05, 0) is 0 Å². The number of hydrogen-bond donors (Lipinski definition) is 0. The first kappa shape index (κ1) is 11.3. The number of rotatable bonds is 0. The van der Waals surface area contributed by atoms with Crippen LogP contribution in [0.2, 0.25) is 19.6 Å². The highest BCUT2D eigenvalue weighted by Crippen LogP contribution is 2.08. The first-order valence-electron chi connectivity index (χ1n) is 2.41. The van der Waals surface area contributed by atoms with Crippen LogP contribution in [0.5, 0.6) is 0 Å². The van der Waals surface area contributed by atoms with Crippen LogP contribution < -0.4 is 0 Å². The first-order chi connectivity index (χ1) is 3.41. The van der Waals surface area contributed by atoms with Gasteiger partial charge in [-0.1, -0.05) is 19.6 Å². The Morgan fingerprint density at radius 3 is 1.38 bits per heavy atom. The van der Waals surface area contributed by atoms with Gasteiger partial charge in [-0.25, -0.2) is 0 Å². The van der Waals surface area contributed by atoms with Gasteiger partial charge >= 0.3 is 0 Å². The van der Waals surface area contributed by atoms with Gasteiger partial charge in [0.25, 0.3) is 0 Å². The van der Waals surface area contributed by atoms with Crippen molar-refractivity contribution >= 4 is 27.4 Å². The number of nitriles is 1. The number of hydrogen-bond acceptors (Lipinski definition) is 1. The van der Waals surface area contributed by atoms with Gasteiger partial charge in [-0.2, -0.15) is 5.26 Å². The quantitative estimate of drug-likeness (QED) is 0.363. The van der Waals surface area contributed by atoms with E-state index in [2.05, 4.69) is 41.4 Å². The molecule has 0 aromatic rings. The van der Waals surface area contributed by atoms with Gasteiger partial charge in [-0.3, -0.25) is 0 Å². The molecule has 0 amide bonds. The molecule has 0 N–H and O–H groups in total. The second kappa shape index (κ2) is 5.57. The maximum Gasteiger partial charge on any atom is 0.116 e. The third-order valence-corrected chi connectivity index (χ3v) is 0. The van der Waals surface area contributed by atoms with Crippen LogP contribution in [0, 0.1) is 11.3 Å². The van der Waals surface area contributed by atoms with Crippen LogP contribution in [-0.2, 0) is 0 Å². The van der Waals surface area contributed by atoms with Gasteiger partial charge in [0, 0.05) is 6.92 Å². The summed E-state index contributed by atoms with van der Waals surface area (Å²) in [6, 6.07) is 1.75. The summed E-state index contributed by atoms with van der Waals surface area (Å²) in [7, 11) is 0. The third kappa shape index (κ3) is 997. The standard InChI is InChI=1S/C3H9ISi.C2H3N/c1-5(2,3)4;1-2-3/h1-3H3;1H3. The van der Waals surface area contributed by atoms with Crippen molar-refractivity contribution in [1.29, 1.82) is 5.26 Å². The van der Waals surface area contributed by atoms with E-state index in [4.69, 9.17) is 5.26 Å². The molecule has 0 aromatic carbocycles. The van der Waals surface area contributed by atoms with Crippen LogP contribution in [0.15, 0.2) is 0 Å². The molecule has 0 aromatic heterocycles. The molecule has 0 fully saturated rings. The lowest BCUT2D eigenvalue weighted by Crippen LogP contribution is -2.05. The zero-order valence-corrected chi connectivity index (χ0v) is 8.98. The predicted octanol–water partition coefficient (Wildman–Crippen LogP) is 2.79. The van der Waals surface area contributed by atoms with Crippen molar-refractivity contribution in [3.05, 3.63) is 0 Å². The summed E-state index contributed by atoms with van der Waals surface area (Å²) >= 11 is 2.52. The average molecular weight is 241 g/mol. The molecule has 1 nitrogen and oxygen atoms in total. The lowest BCUT2D eigenvalue weighted by molar-refractivity contribution is 1.49. The molecule has 0 bridgehead atoms. The minimum atomic E-state index is -0.641. The molecule has 3 heteroatoms. The Morgan fingerprint density at radius 2 is 1.38 bits per heavy atom. The summed E-state index contributed by atoms with van der Waals surface area (Å²) in [5, 5.41) is 7.32. The van der Waals surface area contributed by atoms with Crippen molar-refractivity contribution in [3.63, 3.8) is 0 Å². The van der Waals surface area contributed by atoms with Gasteiger partial charge in [0.1, 0.15) is 5.57 Å². The molecule has 0 saturated carbocycles. The van der Waals surface area contributed by atoms with E-state index >= 15 is 0 Å². The second-order valence-corrected chi connectivity index (χ2v) is 16.1. The maximum atomic E-state index is 7.32. The predicted molar refractivity (Wildman–Crippen MR) is 48.7 cm³/mol. The summed E-state index contributed by atoms with van der Waals surface area (Å²) in [5.74, 6) is 0. The van der Waals surface area contributed by atoms with Crippen molar-refractivity contribution in [1.82, 2.24) is 0 Å². The normalized spacial score (nSPS) is 8.50. The van der Waals surface area contributed by atoms with Crippen LogP contribution in [0.25, 0.3) is 0 Å². The van der Waals surface area contributed by atoms with Gasteiger partial charge in [0.15, 0.2) is 0 Å². The summed E-state index contributed by atoms with van der Waals surface area (Å²) in [6.07, 6.45) is 0. The monoisotopic (exact) mass is 241 g/mol. The van der Waals surface area contributed by atoms with Crippen LogP contribution in [-0.4, -0.2) is 5.57 Å². The molecule has 0 unspecified atom stereocenters. The molecule has 0 heterocycles. The maximum absolute atomic E-state index is 7.32. The largest absolute Gasteiger partial charge is 0.199 e. The summed E-state index contributed by atoms with van der Waals surface area (Å²) < 4.78 is 0. The fourth-order valence-electron chi connectivity index (χ4n) is 0. The van der Waals surface area contributed by atoms with Gasteiger partial charge in [0.05, 0.1) is 6.07 Å². The van der Waals surface area contributed by atoms with E-state index in [-0.39, 0.29) is 0 Å². The van der Waals surface area contributed by atoms with E-state index in [1.807, 2.05) is 0 Å². The zero-order chi connectivity index (χ0) is 7.21. The summed E-state index contributed by atoms with van der Waals surface area (Å²) in [5.41, 5.74) is -0.641. The van der Waals surface area contributed by atoms with Gasteiger partial charge in [0.2, 0.25) is 0 Å². The highest BCUT2D eigenvalue weighted by Gasteiger charge is 2.02. The molecule has 0 aliphatic carbocycles. The molecule has 0 aliphatic rings. The van der Waals surface area contributed by atoms with Crippen molar-refractivity contribution < 1.29 is 0 Å². The summed E-state index contributed by atoms with van der Waals surface area (Å²) in [4.78, 5) is 0. The van der Waals surface area contributed by atoms with Gasteiger partial charge < -0.3 is 0 Å². The Morgan fingerprint density at radius 1 is 1.38 bits per heavy atom. The van der Waals surface area contributed by atoms with Crippen LogP contribution in [0.3, 0.4) is 0 Å². The first-order valence-corrected chi connectivity index (χ1v) is 9.03. The SMILES string of the molecule is CC#N.C[Si](C)(C)I. The zero-order valence-electron chi connectivity index (χ0n) is 5.83. The minimum absolute atomic E-state index is 0.641. The molecule has 0 aliphatic heterocycles. The smallest absolute Gasteiger partial charge is 0.116 e. The van der Waals surface area contributed by atoms with Crippen LogP contribution in [0.4, 0.5) is 0 Å². The highest BCUT2D eigenvalue weighted by molar-refractivity contribution is 14.1. The Bertz CT molecular complexity index is 73.4. The molecular formula is C5H12INSi. The Labute approximate surface area is 65.3 Å². The lowest BCUT2D eigenvalue weighted by Gasteiger charge is -1.98. The minimum Gasteiger partial charge on any atom is -0.199 e. The average Bonchev–Trinajstić information content (AvgIpc) is 1.27. The second-order valence-electron chi connectivity index (χ2n) is 2.29. The molecule has 0 radical (unpaired) electrons. The Kier molecular flexibility index (Phi) is 7.84. The molecule has 0 spiro atoms.